The second kappa shape index (κ2) is 12.4. The number of carbonyl (C=O) groups excluding carboxylic acids is 1. The van der Waals surface area contributed by atoms with E-state index in [0.29, 0.717) is 0 Å². The van der Waals surface area contributed by atoms with Crippen molar-refractivity contribution in [3.8, 4) is 11.1 Å². The van der Waals surface area contributed by atoms with Gasteiger partial charge in [0.15, 0.2) is 0 Å². The maximum absolute atomic E-state index is 13.0. The van der Waals surface area contributed by atoms with Gasteiger partial charge in [-0.25, -0.2) is 0 Å². The van der Waals surface area contributed by atoms with Crippen LogP contribution in [0.4, 0.5) is 13.2 Å². The van der Waals surface area contributed by atoms with Crippen LogP contribution in [-0.2, 0) is 6.18 Å². The standard InChI is InChI=1S/C30H32F3NO/c1-3-4-5-6-8-11-22(2)28(25-16-14-24(15-17-25)23-12-9-7-10-13-23)34-29(35)26-18-20-27(21-19-26)30(31,32)33/h7,9-21,28H,3-6,8H2,1-2H3,(H,34,35)/b22-11+/t28-/m1/s1. The molecule has 5 heteroatoms. The van der Waals surface area contributed by atoms with Crippen molar-refractivity contribution in [3.05, 3.63) is 107 Å². The number of amides is 1. The maximum Gasteiger partial charge on any atom is 0.416 e. The van der Waals surface area contributed by atoms with E-state index in [1.807, 2.05) is 61.5 Å². The number of rotatable bonds is 10. The molecule has 0 unspecified atom stereocenters. The molecular formula is C30H32F3NO. The molecule has 0 fully saturated rings. The Morgan fingerprint density at radius 1 is 0.857 bits per heavy atom. The van der Waals surface area contributed by atoms with Crippen LogP contribution in [0.15, 0.2) is 90.5 Å². The van der Waals surface area contributed by atoms with Crippen LogP contribution in [0.2, 0.25) is 0 Å². The Hall–Kier alpha value is -3.34. The van der Waals surface area contributed by atoms with Crippen molar-refractivity contribution in [1.29, 1.82) is 0 Å². The monoisotopic (exact) mass is 479 g/mol. The van der Waals surface area contributed by atoms with Crippen molar-refractivity contribution in [1.82, 2.24) is 5.32 Å². The Bertz CT molecular complexity index is 1100. The van der Waals surface area contributed by atoms with Crippen molar-refractivity contribution < 1.29 is 18.0 Å². The van der Waals surface area contributed by atoms with Gasteiger partial charge in [0.2, 0.25) is 0 Å². The highest BCUT2D eigenvalue weighted by Crippen LogP contribution is 2.30. The molecular weight excluding hydrogens is 447 g/mol. The van der Waals surface area contributed by atoms with Gasteiger partial charge in [-0.1, -0.05) is 92.4 Å². The predicted molar refractivity (Wildman–Crippen MR) is 136 cm³/mol. The van der Waals surface area contributed by atoms with Gasteiger partial charge in [0.25, 0.3) is 5.91 Å². The highest BCUT2D eigenvalue weighted by atomic mass is 19.4. The Kier molecular flexibility index (Phi) is 9.30. The highest BCUT2D eigenvalue weighted by molar-refractivity contribution is 5.94. The molecule has 0 saturated carbocycles. The summed E-state index contributed by atoms with van der Waals surface area (Å²) in [6, 6.07) is 22.0. The quantitative estimate of drug-likeness (QED) is 0.229. The zero-order chi connectivity index (χ0) is 25.3. The number of nitrogens with one attached hydrogen (secondary N) is 1. The molecule has 0 bridgehead atoms. The lowest BCUT2D eigenvalue weighted by Crippen LogP contribution is -2.29. The minimum absolute atomic E-state index is 0.194. The molecule has 1 amide bonds. The lowest BCUT2D eigenvalue weighted by atomic mass is 9.95. The topological polar surface area (TPSA) is 29.1 Å². The van der Waals surface area contributed by atoms with Crippen LogP contribution < -0.4 is 5.32 Å². The molecule has 0 aliphatic heterocycles. The first-order valence-corrected chi connectivity index (χ1v) is 12.1. The van der Waals surface area contributed by atoms with E-state index >= 15 is 0 Å². The van der Waals surface area contributed by atoms with Gasteiger partial charge in [0.05, 0.1) is 11.6 Å². The summed E-state index contributed by atoms with van der Waals surface area (Å²) in [5.41, 5.74) is 3.53. The van der Waals surface area contributed by atoms with Crippen LogP contribution in [0.25, 0.3) is 11.1 Å². The summed E-state index contributed by atoms with van der Waals surface area (Å²) in [5, 5.41) is 3.03. The Balaban J connectivity index is 1.82. The molecule has 35 heavy (non-hydrogen) atoms. The fourth-order valence-corrected chi connectivity index (χ4v) is 4.00. The van der Waals surface area contributed by atoms with E-state index < -0.39 is 17.6 Å². The zero-order valence-corrected chi connectivity index (χ0v) is 20.2. The molecule has 2 nitrogen and oxygen atoms in total. The van der Waals surface area contributed by atoms with E-state index in [2.05, 4.69) is 18.3 Å². The molecule has 0 aromatic heterocycles. The van der Waals surface area contributed by atoms with Gasteiger partial charge in [0.1, 0.15) is 0 Å². The van der Waals surface area contributed by atoms with Crippen molar-refractivity contribution in [2.24, 2.45) is 0 Å². The third-order valence-corrected chi connectivity index (χ3v) is 6.08. The Morgan fingerprint density at radius 3 is 2.09 bits per heavy atom. The first kappa shape index (κ1) is 26.3. The number of alkyl halides is 3. The lowest BCUT2D eigenvalue weighted by Gasteiger charge is -2.21. The van der Waals surface area contributed by atoms with Crippen molar-refractivity contribution in [2.45, 2.75) is 58.2 Å². The summed E-state index contributed by atoms with van der Waals surface area (Å²) in [6.07, 6.45) is 3.24. The van der Waals surface area contributed by atoms with Crippen molar-refractivity contribution in [2.75, 3.05) is 0 Å². The van der Waals surface area contributed by atoms with Crippen LogP contribution in [0.5, 0.6) is 0 Å². The number of carbonyl (C=O) groups is 1. The summed E-state index contributed by atoms with van der Waals surface area (Å²) in [6.45, 7) is 4.16. The molecule has 0 radical (unpaired) electrons. The van der Waals surface area contributed by atoms with E-state index in [1.54, 1.807) is 0 Å². The lowest BCUT2D eigenvalue weighted by molar-refractivity contribution is -0.137. The molecule has 184 valence electrons. The SMILES string of the molecule is CCCCCC/C=C(\C)[C@@H](NC(=O)c1ccc(C(F)(F)F)cc1)c1ccc(-c2ccccc2)cc1. The largest absolute Gasteiger partial charge is 0.416 e. The first-order chi connectivity index (χ1) is 16.8. The molecule has 3 aromatic carbocycles. The molecule has 0 saturated heterocycles. The van der Waals surface area contributed by atoms with E-state index in [4.69, 9.17) is 0 Å². The van der Waals surface area contributed by atoms with Crippen LogP contribution in [-0.4, -0.2) is 5.91 Å². The van der Waals surface area contributed by atoms with Crippen LogP contribution in [0, 0.1) is 0 Å². The number of hydrogen-bond acceptors (Lipinski definition) is 1. The van der Waals surface area contributed by atoms with Gasteiger partial charge < -0.3 is 5.32 Å². The minimum atomic E-state index is -4.44. The molecule has 0 spiro atoms. The fraction of sp³-hybridized carbons (Fsp3) is 0.300. The third-order valence-electron chi connectivity index (χ3n) is 6.08. The Labute approximate surface area is 205 Å². The average Bonchev–Trinajstić information content (AvgIpc) is 2.87. The summed E-state index contributed by atoms with van der Waals surface area (Å²) in [4.78, 5) is 13.0. The number of hydrogen-bond donors (Lipinski definition) is 1. The van der Waals surface area contributed by atoms with Gasteiger partial charge in [-0.05, 0) is 60.7 Å². The summed E-state index contributed by atoms with van der Waals surface area (Å²) >= 11 is 0. The van der Waals surface area contributed by atoms with Gasteiger partial charge in [-0.15, -0.1) is 0 Å². The predicted octanol–water partition coefficient (Wildman–Crippen LogP) is 8.76. The van der Waals surface area contributed by atoms with Gasteiger partial charge in [-0.2, -0.15) is 13.2 Å². The second-order valence-electron chi connectivity index (χ2n) is 8.77. The first-order valence-electron chi connectivity index (χ1n) is 12.1. The maximum atomic E-state index is 13.0. The minimum Gasteiger partial charge on any atom is -0.341 e. The molecule has 0 aliphatic carbocycles. The van der Waals surface area contributed by atoms with E-state index in [-0.39, 0.29) is 11.6 Å². The van der Waals surface area contributed by atoms with Crippen molar-refractivity contribution in [3.63, 3.8) is 0 Å². The molecule has 0 heterocycles. The number of benzene rings is 3. The third kappa shape index (κ3) is 7.57. The van der Waals surface area contributed by atoms with Crippen LogP contribution in [0.1, 0.15) is 73.5 Å². The van der Waals surface area contributed by atoms with Gasteiger partial charge in [0, 0.05) is 5.56 Å². The zero-order valence-electron chi connectivity index (χ0n) is 20.2. The van der Waals surface area contributed by atoms with Gasteiger partial charge >= 0.3 is 6.18 Å². The molecule has 3 aromatic rings. The second-order valence-corrected chi connectivity index (χ2v) is 8.77. The summed E-state index contributed by atoms with van der Waals surface area (Å²) in [7, 11) is 0. The summed E-state index contributed by atoms with van der Waals surface area (Å²) in [5.74, 6) is -0.408. The molecule has 1 N–H and O–H groups in total. The summed E-state index contributed by atoms with van der Waals surface area (Å²) < 4.78 is 38.7. The smallest absolute Gasteiger partial charge is 0.341 e. The molecule has 1 atom stereocenters. The van der Waals surface area contributed by atoms with Crippen molar-refractivity contribution >= 4 is 5.91 Å². The average molecular weight is 480 g/mol. The molecule has 3 rings (SSSR count). The van der Waals surface area contributed by atoms with E-state index in [9.17, 15) is 18.0 Å². The van der Waals surface area contributed by atoms with E-state index in [0.717, 1.165) is 53.7 Å². The van der Waals surface area contributed by atoms with Crippen LogP contribution in [0.3, 0.4) is 0 Å². The highest BCUT2D eigenvalue weighted by Gasteiger charge is 2.30. The number of halogens is 3. The fourth-order valence-electron chi connectivity index (χ4n) is 4.00. The van der Waals surface area contributed by atoms with E-state index in [1.165, 1.54) is 25.0 Å². The molecule has 0 aliphatic rings. The van der Waals surface area contributed by atoms with Gasteiger partial charge in [-0.3, -0.25) is 4.79 Å². The van der Waals surface area contributed by atoms with Crippen LogP contribution >= 0.6 is 0 Å². The normalized spacial score (nSPS) is 12.9. The number of unbranched alkanes of at least 4 members (excludes halogenated alkanes) is 4. The Morgan fingerprint density at radius 2 is 1.49 bits per heavy atom. The number of allylic oxidation sites excluding steroid dienone is 1.